The highest BCUT2D eigenvalue weighted by Crippen LogP contribution is 2.43. The van der Waals surface area contributed by atoms with E-state index >= 15 is 0 Å². The smallest absolute Gasteiger partial charge is 0.460 e. The lowest BCUT2D eigenvalue weighted by Crippen LogP contribution is -2.45. The second-order valence-electron chi connectivity index (χ2n) is 8.60. The Bertz CT molecular complexity index is 865. The van der Waals surface area contributed by atoms with E-state index in [0.29, 0.717) is 6.42 Å². The van der Waals surface area contributed by atoms with Crippen molar-refractivity contribution in [3.8, 4) is 0 Å². The summed E-state index contributed by atoms with van der Waals surface area (Å²) >= 11 is 0. The molecule has 0 unspecified atom stereocenters. The molecule has 0 N–H and O–H groups in total. The molecule has 0 amide bonds. The number of esters is 1. The number of ether oxygens (including phenoxy) is 1. The second-order valence-corrected chi connectivity index (χ2v) is 10.2. The first kappa shape index (κ1) is 25.4. The van der Waals surface area contributed by atoms with Crippen LogP contribution >= 0.6 is 0 Å². The number of hydrogen-bond donors (Lipinski definition) is 0. The Morgan fingerprint density at radius 1 is 1.23 bits per heavy atom. The first-order valence-corrected chi connectivity index (χ1v) is 11.6. The van der Waals surface area contributed by atoms with Gasteiger partial charge in [-0.05, 0) is 29.7 Å². The van der Waals surface area contributed by atoms with Gasteiger partial charge in [-0.15, -0.1) is 6.58 Å². The van der Waals surface area contributed by atoms with Crippen LogP contribution in [0.3, 0.4) is 0 Å². The third kappa shape index (κ3) is 6.10. The van der Waals surface area contributed by atoms with E-state index in [9.17, 15) is 26.4 Å². The molecule has 2 rings (SSSR count). The monoisotopic (exact) mass is 462 g/mol. The molecule has 174 valence electrons. The van der Waals surface area contributed by atoms with Crippen LogP contribution in [0, 0.1) is 11.8 Å². The van der Waals surface area contributed by atoms with Gasteiger partial charge in [0.2, 0.25) is 0 Å². The largest absolute Gasteiger partial charge is 0.523 e. The SMILES string of the molecule is C=CC[C@@H](OS(=O)(=O)C(F)(F)F)C(=O)O[C@@H]1C[C@@H](C)CC[C@H]1C(C)(C)c1ccccc1. The zero-order chi connectivity index (χ0) is 23.4. The Kier molecular flexibility index (Phi) is 7.97. The van der Waals surface area contributed by atoms with Gasteiger partial charge >= 0.3 is 21.6 Å². The van der Waals surface area contributed by atoms with Crippen molar-refractivity contribution in [2.24, 2.45) is 11.8 Å². The van der Waals surface area contributed by atoms with Gasteiger partial charge in [-0.3, -0.25) is 0 Å². The zero-order valence-electron chi connectivity index (χ0n) is 17.9. The van der Waals surface area contributed by atoms with Crippen LogP contribution in [0.2, 0.25) is 0 Å². The number of benzene rings is 1. The number of carbonyl (C=O) groups is 1. The molecule has 1 saturated carbocycles. The third-order valence-corrected chi connectivity index (χ3v) is 6.99. The number of carbonyl (C=O) groups excluding carboxylic acids is 1. The van der Waals surface area contributed by atoms with Crippen LogP contribution in [0.15, 0.2) is 43.0 Å². The summed E-state index contributed by atoms with van der Waals surface area (Å²) in [5.74, 6) is -0.988. The molecule has 0 saturated heterocycles. The molecule has 0 spiro atoms. The van der Waals surface area contributed by atoms with Crippen molar-refractivity contribution in [1.29, 1.82) is 0 Å². The van der Waals surface area contributed by atoms with E-state index in [-0.39, 0.29) is 17.3 Å². The summed E-state index contributed by atoms with van der Waals surface area (Å²) in [5, 5.41) is 0. The van der Waals surface area contributed by atoms with E-state index in [0.717, 1.165) is 24.5 Å². The predicted octanol–water partition coefficient (Wildman–Crippen LogP) is 5.12. The van der Waals surface area contributed by atoms with Crippen molar-refractivity contribution in [3.05, 3.63) is 48.6 Å². The van der Waals surface area contributed by atoms with Crippen molar-refractivity contribution in [1.82, 2.24) is 0 Å². The van der Waals surface area contributed by atoms with E-state index in [1.54, 1.807) is 0 Å². The molecule has 4 atom stereocenters. The van der Waals surface area contributed by atoms with Gasteiger partial charge in [-0.2, -0.15) is 21.6 Å². The molecule has 9 heteroatoms. The van der Waals surface area contributed by atoms with Gasteiger partial charge in [0, 0.05) is 12.3 Å². The molecule has 0 radical (unpaired) electrons. The highest BCUT2D eigenvalue weighted by Gasteiger charge is 2.50. The second kappa shape index (κ2) is 9.73. The maximum atomic E-state index is 12.7. The predicted molar refractivity (Wildman–Crippen MR) is 111 cm³/mol. The lowest BCUT2D eigenvalue weighted by Gasteiger charge is -2.44. The quantitative estimate of drug-likeness (QED) is 0.232. The van der Waals surface area contributed by atoms with Gasteiger partial charge in [0.25, 0.3) is 0 Å². The fourth-order valence-electron chi connectivity index (χ4n) is 4.12. The molecule has 0 aliphatic heterocycles. The molecular formula is C22H29F3O5S. The molecule has 1 aromatic carbocycles. The summed E-state index contributed by atoms with van der Waals surface area (Å²) in [4.78, 5) is 12.7. The van der Waals surface area contributed by atoms with Crippen LogP contribution < -0.4 is 0 Å². The zero-order valence-corrected chi connectivity index (χ0v) is 18.7. The van der Waals surface area contributed by atoms with Crippen LogP contribution in [-0.2, 0) is 29.2 Å². The first-order valence-electron chi connectivity index (χ1n) is 10.2. The van der Waals surface area contributed by atoms with Gasteiger partial charge in [0.05, 0.1) is 0 Å². The van der Waals surface area contributed by atoms with Crippen LogP contribution in [0.4, 0.5) is 13.2 Å². The van der Waals surface area contributed by atoms with Crippen molar-refractivity contribution in [2.45, 2.75) is 69.6 Å². The minimum absolute atomic E-state index is 0.0985. The molecular weight excluding hydrogens is 433 g/mol. The maximum Gasteiger partial charge on any atom is 0.523 e. The highest BCUT2D eigenvalue weighted by molar-refractivity contribution is 7.87. The summed E-state index contributed by atoms with van der Waals surface area (Å²) in [7, 11) is -5.95. The Morgan fingerprint density at radius 3 is 2.39 bits per heavy atom. The van der Waals surface area contributed by atoms with E-state index in [2.05, 4.69) is 10.8 Å². The van der Waals surface area contributed by atoms with Crippen molar-refractivity contribution in [3.63, 3.8) is 0 Å². The normalized spacial score (nSPS) is 23.7. The van der Waals surface area contributed by atoms with Gasteiger partial charge in [-0.1, -0.05) is 63.6 Å². The van der Waals surface area contributed by atoms with Gasteiger partial charge < -0.3 is 4.74 Å². The van der Waals surface area contributed by atoms with E-state index in [1.165, 1.54) is 0 Å². The maximum absolute atomic E-state index is 12.7. The van der Waals surface area contributed by atoms with Crippen molar-refractivity contribution in [2.75, 3.05) is 0 Å². The minimum Gasteiger partial charge on any atom is -0.460 e. The standard InChI is InChI=1S/C22H29F3O5S/c1-5-9-18(30-31(27,28)22(23,24)25)20(26)29-19-14-15(2)12-13-17(19)21(3,4)16-10-7-6-8-11-16/h5-8,10-11,15,17-19H,1,9,12-14H2,2-4H3/t15-,17+,18+,19+/m0/s1. The summed E-state index contributed by atoms with van der Waals surface area (Å²) in [6.45, 7) is 9.45. The van der Waals surface area contributed by atoms with Crippen LogP contribution in [0.1, 0.15) is 52.0 Å². The van der Waals surface area contributed by atoms with Gasteiger partial charge in [-0.25, -0.2) is 8.98 Å². The van der Waals surface area contributed by atoms with Gasteiger partial charge in [0.15, 0.2) is 6.10 Å². The fraction of sp³-hybridized carbons (Fsp3) is 0.591. The van der Waals surface area contributed by atoms with Crippen molar-refractivity contribution >= 4 is 16.1 Å². The van der Waals surface area contributed by atoms with Crippen molar-refractivity contribution < 1.29 is 35.3 Å². The molecule has 5 nitrogen and oxygen atoms in total. The molecule has 31 heavy (non-hydrogen) atoms. The highest BCUT2D eigenvalue weighted by atomic mass is 32.2. The Balaban J connectivity index is 2.26. The third-order valence-electron chi connectivity index (χ3n) is 5.94. The fourth-order valence-corrected chi connectivity index (χ4v) is 4.70. The Labute approximate surface area is 181 Å². The van der Waals surface area contributed by atoms with Crippen LogP contribution in [-0.4, -0.2) is 32.1 Å². The Morgan fingerprint density at radius 2 is 1.84 bits per heavy atom. The molecule has 0 heterocycles. The molecule has 1 aromatic rings. The first-order chi connectivity index (χ1) is 14.3. The molecule has 1 aliphatic rings. The number of rotatable bonds is 8. The average molecular weight is 463 g/mol. The van der Waals surface area contributed by atoms with E-state index in [1.807, 2.05) is 51.1 Å². The Hall–Kier alpha value is -1.87. The van der Waals surface area contributed by atoms with Crippen LogP contribution in [0.5, 0.6) is 0 Å². The number of hydrogen-bond acceptors (Lipinski definition) is 5. The number of alkyl halides is 3. The summed E-state index contributed by atoms with van der Waals surface area (Å²) < 4.78 is 70.8. The average Bonchev–Trinajstić information content (AvgIpc) is 2.67. The molecule has 0 aromatic heterocycles. The lowest BCUT2D eigenvalue weighted by molar-refractivity contribution is -0.165. The molecule has 1 aliphatic carbocycles. The number of halogens is 3. The van der Waals surface area contributed by atoms with E-state index < -0.39 is 40.2 Å². The topological polar surface area (TPSA) is 69.7 Å². The lowest BCUT2D eigenvalue weighted by atomic mass is 9.64. The van der Waals surface area contributed by atoms with Crippen LogP contribution in [0.25, 0.3) is 0 Å². The molecule has 1 fully saturated rings. The summed E-state index contributed by atoms with van der Waals surface area (Å²) in [6, 6.07) is 9.70. The summed E-state index contributed by atoms with van der Waals surface area (Å²) in [5.41, 5.74) is -4.96. The van der Waals surface area contributed by atoms with E-state index in [4.69, 9.17) is 4.74 Å². The van der Waals surface area contributed by atoms with Gasteiger partial charge in [0.1, 0.15) is 6.10 Å². The minimum atomic E-state index is -5.95. The molecule has 0 bridgehead atoms. The summed E-state index contributed by atoms with van der Waals surface area (Å²) in [6.07, 6.45) is 0.367.